The minimum Gasteiger partial charge on any atom is -0.508 e. The lowest BCUT2D eigenvalue weighted by molar-refractivity contribution is 0.0194. The van der Waals surface area contributed by atoms with Gasteiger partial charge in [0.1, 0.15) is 5.75 Å². The largest absolute Gasteiger partial charge is 0.508 e. The molecule has 3 nitrogen and oxygen atoms in total. The maximum absolute atomic E-state index is 9.95. The molecule has 0 aromatic heterocycles. The smallest absolute Gasteiger partial charge is 0.119 e. The van der Waals surface area contributed by atoms with Gasteiger partial charge in [-0.1, -0.05) is 42.5 Å². The lowest BCUT2D eigenvalue weighted by Gasteiger charge is -2.31. The third-order valence-electron chi connectivity index (χ3n) is 3.89. The number of phenolic OH excluding ortho intramolecular Hbond substituents is 1. The Labute approximate surface area is 119 Å². The maximum Gasteiger partial charge on any atom is 0.119 e. The highest BCUT2D eigenvalue weighted by atomic mass is 16.5. The van der Waals surface area contributed by atoms with Crippen molar-refractivity contribution >= 4 is 0 Å². The summed E-state index contributed by atoms with van der Waals surface area (Å²) in [6, 6.07) is 15.7. The summed E-state index contributed by atoms with van der Waals surface area (Å²) in [6.07, 6.45) is 1.38. The van der Waals surface area contributed by atoms with E-state index in [1.54, 1.807) is 6.07 Å². The Morgan fingerprint density at radius 3 is 2.65 bits per heavy atom. The summed E-state index contributed by atoms with van der Waals surface area (Å²) in [6.45, 7) is 0.558. The second kappa shape index (κ2) is 5.65. The Hall–Kier alpha value is -1.84. The first-order valence-corrected chi connectivity index (χ1v) is 6.95. The summed E-state index contributed by atoms with van der Waals surface area (Å²) in [5, 5.41) is 9.95. The number of rotatable bonds is 3. The summed E-state index contributed by atoms with van der Waals surface area (Å²) in [4.78, 5) is 0. The Morgan fingerprint density at radius 1 is 1.05 bits per heavy atom. The van der Waals surface area contributed by atoms with Crippen molar-refractivity contribution in [2.45, 2.75) is 31.6 Å². The molecule has 1 aliphatic carbocycles. The molecule has 3 N–H and O–H groups in total. The summed E-state index contributed by atoms with van der Waals surface area (Å²) in [5.41, 5.74) is 9.46. The molecule has 0 spiro atoms. The van der Waals surface area contributed by atoms with Gasteiger partial charge in [-0.05, 0) is 29.2 Å². The SMILES string of the molecule is NC1Cc2cccc(O)c2CC1OCc1ccccc1. The van der Waals surface area contributed by atoms with Crippen molar-refractivity contribution < 1.29 is 9.84 Å². The number of ether oxygens (including phenoxy) is 1. The average Bonchev–Trinajstić information content (AvgIpc) is 2.47. The molecule has 104 valence electrons. The van der Waals surface area contributed by atoms with Crippen LogP contribution in [0.3, 0.4) is 0 Å². The van der Waals surface area contributed by atoms with E-state index in [2.05, 4.69) is 0 Å². The predicted molar refractivity (Wildman–Crippen MR) is 78.5 cm³/mol. The van der Waals surface area contributed by atoms with Gasteiger partial charge in [-0.25, -0.2) is 0 Å². The van der Waals surface area contributed by atoms with Gasteiger partial charge >= 0.3 is 0 Å². The summed E-state index contributed by atoms with van der Waals surface area (Å²) >= 11 is 0. The van der Waals surface area contributed by atoms with Crippen molar-refractivity contribution in [3.63, 3.8) is 0 Å². The van der Waals surface area contributed by atoms with Crippen molar-refractivity contribution in [2.24, 2.45) is 5.73 Å². The quantitative estimate of drug-likeness (QED) is 0.899. The normalized spacial score (nSPS) is 21.4. The van der Waals surface area contributed by atoms with E-state index in [-0.39, 0.29) is 12.1 Å². The molecule has 1 aliphatic rings. The Kier molecular flexibility index (Phi) is 3.72. The molecular weight excluding hydrogens is 250 g/mol. The molecule has 2 atom stereocenters. The summed E-state index contributed by atoms with van der Waals surface area (Å²) < 4.78 is 5.96. The molecule has 2 unspecified atom stereocenters. The number of phenols is 1. The van der Waals surface area contributed by atoms with Crippen LogP contribution in [0.1, 0.15) is 16.7 Å². The van der Waals surface area contributed by atoms with Gasteiger partial charge in [-0.2, -0.15) is 0 Å². The van der Waals surface area contributed by atoms with Crippen molar-refractivity contribution in [3.05, 3.63) is 65.2 Å². The number of fused-ring (bicyclic) bond motifs is 1. The van der Waals surface area contributed by atoms with Gasteiger partial charge in [0.2, 0.25) is 0 Å². The van der Waals surface area contributed by atoms with Gasteiger partial charge < -0.3 is 15.6 Å². The van der Waals surface area contributed by atoms with Crippen LogP contribution in [0.15, 0.2) is 48.5 Å². The predicted octanol–water partition coefficient (Wildman–Crippen LogP) is 2.40. The molecule has 2 aromatic carbocycles. The molecule has 20 heavy (non-hydrogen) atoms. The molecule has 3 rings (SSSR count). The first kappa shape index (κ1) is 13.2. The lowest BCUT2D eigenvalue weighted by Crippen LogP contribution is -2.43. The topological polar surface area (TPSA) is 55.5 Å². The number of hydrogen-bond acceptors (Lipinski definition) is 3. The van der Waals surface area contributed by atoms with Crippen molar-refractivity contribution in [1.82, 2.24) is 0 Å². The minimum absolute atomic E-state index is 0.0204. The molecule has 0 aliphatic heterocycles. The first-order chi connectivity index (χ1) is 9.74. The van der Waals surface area contributed by atoms with Gasteiger partial charge in [-0.15, -0.1) is 0 Å². The van der Waals surface area contributed by atoms with E-state index in [9.17, 15) is 5.11 Å². The molecule has 0 saturated carbocycles. The Bertz CT molecular complexity index is 583. The van der Waals surface area contributed by atoms with Crippen LogP contribution in [0.5, 0.6) is 5.75 Å². The van der Waals surface area contributed by atoms with Crippen LogP contribution in [0, 0.1) is 0 Å². The molecular formula is C17H19NO2. The standard InChI is InChI=1S/C17H19NO2/c18-15-9-13-7-4-8-16(19)14(13)10-17(15)20-11-12-5-2-1-3-6-12/h1-8,15,17,19H,9-11,18H2. The van der Waals surface area contributed by atoms with Crippen LogP contribution in [0.2, 0.25) is 0 Å². The molecule has 0 amide bonds. The third kappa shape index (κ3) is 2.69. The molecule has 0 heterocycles. The highest BCUT2D eigenvalue weighted by molar-refractivity contribution is 5.42. The van der Waals surface area contributed by atoms with Crippen molar-refractivity contribution in [3.8, 4) is 5.75 Å². The second-order valence-corrected chi connectivity index (χ2v) is 5.32. The van der Waals surface area contributed by atoms with Crippen LogP contribution in [-0.4, -0.2) is 17.3 Å². The molecule has 0 saturated heterocycles. The highest BCUT2D eigenvalue weighted by Crippen LogP contribution is 2.29. The van der Waals surface area contributed by atoms with E-state index >= 15 is 0 Å². The van der Waals surface area contributed by atoms with Gasteiger partial charge in [0.25, 0.3) is 0 Å². The van der Waals surface area contributed by atoms with Crippen LogP contribution in [0.4, 0.5) is 0 Å². The van der Waals surface area contributed by atoms with E-state index in [0.29, 0.717) is 18.8 Å². The van der Waals surface area contributed by atoms with Crippen LogP contribution >= 0.6 is 0 Å². The van der Waals surface area contributed by atoms with Crippen LogP contribution in [0.25, 0.3) is 0 Å². The zero-order chi connectivity index (χ0) is 13.9. The monoisotopic (exact) mass is 269 g/mol. The number of benzene rings is 2. The van der Waals surface area contributed by atoms with Gasteiger partial charge in [0.05, 0.1) is 12.7 Å². The fraction of sp³-hybridized carbons (Fsp3) is 0.294. The zero-order valence-corrected chi connectivity index (χ0v) is 11.3. The second-order valence-electron chi connectivity index (χ2n) is 5.32. The van der Waals surface area contributed by atoms with Gasteiger partial charge in [0, 0.05) is 12.5 Å². The Balaban J connectivity index is 1.71. The molecule has 2 aromatic rings. The van der Waals surface area contributed by atoms with Crippen LogP contribution in [-0.2, 0) is 24.2 Å². The summed E-state index contributed by atoms with van der Waals surface area (Å²) in [5.74, 6) is 0.350. The van der Waals surface area contributed by atoms with Crippen LogP contribution < -0.4 is 5.73 Å². The molecule has 0 fully saturated rings. The Morgan fingerprint density at radius 2 is 1.85 bits per heavy atom. The lowest BCUT2D eigenvalue weighted by atomic mass is 9.86. The van der Waals surface area contributed by atoms with E-state index in [4.69, 9.17) is 10.5 Å². The maximum atomic E-state index is 9.95. The van der Waals surface area contributed by atoms with E-state index < -0.39 is 0 Å². The van der Waals surface area contributed by atoms with E-state index in [1.165, 1.54) is 0 Å². The molecule has 0 radical (unpaired) electrons. The van der Waals surface area contributed by atoms with Crippen molar-refractivity contribution in [1.29, 1.82) is 0 Å². The third-order valence-corrected chi connectivity index (χ3v) is 3.89. The number of nitrogens with two attached hydrogens (primary N) is 1. The van der Waals surface area contributed by atoms with E-state index in [0.717, 1.165) is 23.1 Å². The fourth-order valence-electron chi connectivity index (χ4n) is 2.75. The average molecular weight is 269 g/mol. The fourth-order valence-corrected chi connectivity index (χ4v) is 2.75. The molecule has 0 bridgehead atoms. The summed E-state index contributed by atoms with van der Waals surface area (Å²) in [7, 11) is 0. The highest BCUT2D eigenvalue weighted by Gasteiger charge is 2.28. The van der Waals surface area contributed by atoms with Crippen molar-refractivity contribution in [2.75, 3.05) is 0 Å². The minimum atomic E-state index is -0.0454. The number of hydrogen-bond donors (Lipinski definition) is 2. The number of aromatic hydroxyl groups is 1. The van der Waals surface area contributed by atoms with Gasteiger partial charge in [-0.3, -0.25) is 0 Å². The van der Waals surface area contributed by atoms with Gasteiger partial charge in [0.15, 0.2) is 0 Å². The van der Waals surface area contributed by atoms with E-state index in [1.807, 2.05) is 42.5 Å². The zero-order valence-electron chi connectivity index (χ0n) is 11.3. The molecule has 3 heteroatoms. The first-order valence-electron chi connectivity index (χ1n) is 6.95.